The maximum atomic E-state index is 13.0. The molecule has 9 rings (SSSR count). The lowest BCUT2D eigenvalue weighted by molar-refractivity contribution is -0.249. The minimum atomic E-state index is -1.11. The molecule has 0 aromatic carbocycles. The molecule has 6 saturated heterocycles. The molecule has 1 amide bonds. The molecule has 2 unspecified atom stereocenters. The normalized spacial score (nSPS) is 29.2. The first-order valence-corrected chi connectivity index (χ1v) is 36.0. The van der Waals surface area contributed by atoms with Gasteiger partial charge in [0.15, 0.2) is 18.9 Å². The van der Waals surface area contributed by atoms with E-state index in [-0.39, 0.29) is 123 Å². The summed E-state index contributed by atoms with van der Waals surface area (Å²) in [4.78, 5) is 13.0. The number of aliphatic hydroxyl groups is 6. The highest BCUT2D eigenvalue weighted by Crippen LogP contribution is 2.42. The predicted molar refractivity (Wildman–Crippen MR) is 352 cm³/mol. The van der Waals surface area contributed by atoms with E-state index in [1.807, 2.05) is 0 Å². The molecule has 0 spiro atoms. The fraction of sp³-hybridized carbons (Fsp3) is 0.892. The van der Waals surface area contributed by atoms with Gasteiger partial charge in [0.2, 0.25) is 5.91 Å². The van der Waals surface area contributed by atoms with Crippen LogP contribution in [0.4, 0.5) is 0 Å². The fourth-order valence-electron chi connectivity index (χ4n) is 12.1. The number of aliphatic hydroxyl groups excluding tert-OH is 6. The summed E-state index contributed by atoms with van der Waals surface area (Å²) in [5.41, 5.74) is 4.03. The number of nitrogens with one attached hydrogen (secondary N) is 1. The Balaban J connectivity index is 0.660. The van der Waals surface area contributed by atoms with Crippen LogP contribution >= 0.6 is 0 Å². The van der Waals surface area contributed by atoms with Crippen LogP contribution in [0.15, 0.2) is 18.6 Å². The number of nitrogens with two attached hydrogens (primary N) is 1. The monoisotopic (exact) mass is 1490 g/mol. The molecule has 39 heteroatoms. The molecule has 104 heavy (non-hydrogen) atoms. The molecule has 3 aromatic heterocycles. The van der Waals surface area contributed by atoms with Gasteiger partial charge < -0.3 is 141 Å². The predicted octanol–water partition coefficient (Wildman–Crippen LogP) is -4.35. The van der Waals surface area contributed by atoms with Crippen molar-refractivity contribution in [2.75, 3.05) is 198 Å². The number of nitrogens with zero attached hydrogens (tertiary/aromatic N) is 9. The zero-order chi connectivity index (χ0) is 73.4. The van der Waals surface area contributed by atoms with E-state index >= 15 is 0 Å². The number of hydrogen-bond acceptors (Lipinski definition) is 35. The van der Waals surface area contributed by atoms with Crippen LogP contribution in [0.3, 0.4) is 0 Å². The third-order valence-electron chi connectivity index (χ3n) is 18.5. The van der Waals surface area contributed by atoms with E-state index in [1.165, 1.54) is 0 Å². The van der Waals surface area contributed by atoms with Gasteiger partial charge in [0.05, 0.1) is 261 Å². The quantitative estimate of drug-likeness (QED) is 0.0248. The van der Waals surface area contributed by atoms with E-state index in [0.717, 1.165) is 0 Å². The molecule has 0 radical (unpaired) electrons. The SMILES string of the molecule is C[C@H]1[C@H]2OC[C@](COCCOCCOCCOCCn3cc(COCC(OCc4cn(CCOCCOCCOCCOC[C@@]56CO[C@@H](O5)[C@H](C)[C@@H](O)[C@H]6O)nn4)C(CNC(=O)CCCN)OCc4cn(CCOCCOCCOCCOC[C@@]56CO[C@@H](O5)[C@H](C)[C@@H](O)[C@H]6O)nn4)nn3)(O2)[C@H](O)[C@@H]1O. The van der Waals surface area contributed by atoms with Gasteiger partial charge in [-0.15, -0.1) is 15.3 Å². The second-order valence-electron chi connectivity index (χ2n) is 26.5. The molecule has 9 heterocycles. The summed E-state index contributed by atoms with van der Waals surface area (Å²) < 4.78 is 127. The highest BCUT2D eigenvalue weighted by atomic mass is 16.8. The van der Waals surface area contributed by atoms with Crippen molar-refractivity contribution in [3.8, 4) is 0 Å². The average molecular weight is 1490 g/mol. The summed E-state index contributed by atoms with van der Waals surface area (Å²) in [6.07, 6.45) is -3.53. The van der Waals surface area contributed by atoms with Gasteiger partial charge in [-0.25, -0.2) is 14.0 Å². The molecule has 17 atom stereocenters. The summed E-state index contributed by atoms with van der Waals surface area (Å²) in [6.45, 7) is 14.5. The Morgan fingerprint density at radius 2 is 0.769 bits per heavy atom. The highest BCUT2D eigenvalue weighted by Gasteiger charge is 2.60. The van der Waals surface area contributed by atoms with Crippen molar-refractivity contribution < 1.29 is 135 Å². The van der Waals surface area contributed by atoms with Crippen molar-refractivity contribution in [2.45, 2.75) is 158 Å². The molecular formula is C65H111N11O28. The highest BCUT2D eigenvalue weighted by molar-refractivity contribution is 5.75. The van der Waals surface area contributed by atoms with Crippen LogP contribution in [0.5, 0.6) is 0 Å². The first-order chi connectivity index (χ1) is 50.6. The lowest BCUT2D eigenvalue weighted by Crippen LogP contribution is -2.60. The standard InChI is InChI=1S/C65H111N11O28/c1-45-54(78)57(81)63(42-99-60(45)102-63)39-93-28-25-90-22-19-87-16-13-84-10-7-74-32-48(68-71-74)35-96-38-52(98-37-50-34-76(73-70-50)9-12-86-15-18-89-21-24-92-27-30-95-41-65-44-101-62(104-65)47(3)56(80)59(65)83)51(31-67-53(77)5-4-6-66)97-36-49-33-75(72-69-49)8-11-85-14-17-88-20-23-91-26-29-94-40-64-43-100-61(103-64)46(2)55(79)58(64)82/h32-34,45-47,51-52,54-62,78-83H,4-31,35-44,66H2,1-3H3,(H,67,77)/t45-,46-,47-,51?,52?,54-,55-,56-,57-,58-,59-,60+,61+,62+,63+,64+,65+/m1/s1. The molecule has 9 N–H and O–H groups in total. The fourth-order valence-corrected chi connectivity index (χ4v) is 12.1. The van der Waals surface area contributed by atoms with Gasteiger partial charge in [-0.1, -0.05) is 36.4 Å². The van der Waals surface area contributed by atoms with Crippen LogP contribution in [0.2, 0.25) is 0 Å². The minimum Gasteiger partial charge on any atom is -0.390 e. The van der Waals surface area contributed by atoms with Crippen LogP contribution in [0, 0.1) is 17.8 Å². The molecule has 3 aromatic rings. The van der Waals surface area contributed by atoms with Crippen LogP contribution in [-0.4, -0.2) is 364 Å². The van der Waals surface area contributed by atoms with E-state index in [1.54, 1.807) is 53.4 Å². The first-order valence-electron chi connectivity index (χ1n) is 36.0. The summed E-state index contributed by atoms with van der Waals surface area (Å²) in [5, 5.41) is 91.5. The van der Waals surface area contributed by atoms with E-state index in [9.17, 15) is 35.4 Å². The van der Waals surface area contributed by atoms with Crippen molar-refractivity contribution in [2.24, 2.45) is 23.5 Å². The summed E-state index contributed by atoms with van der Waals surface area (Å²) in [5.74, 6) is -1.24. The molecule has 594 valence electrons. The van der Waals surface area contributed by atoms with Crippen LogP contribution < -0.4 is 11.1 Å². The van der Waals surface area contributed by atoms with E-state index < -0.39 is 84.5 Å². The summed E-state index contributed by atoms with van der Waals surface area (Å²) in [6, 6.07) is 0. The number of carbonyl (C=O) groups excluding carboxylic acids is 1. The molecule has 6 aliphatic heterocycles. The minimum absolute atomic E-state index is 0.00196. The number of aromatic nitrogens is 9. The van der Waals surface area contributed by atoms with Crippen molar-refractivity contribution in [1.29, 1.82) is 0 Å². The van der Waals surface area contributed by atoms with Gasteiger partial charge in [-0.05, 0) is 13.0 Å². The van der Waals surface area contributed by atoms with Gasteiger partial charge in [-0.2, -0.15) is 0 Å². The zero-order valence-corrected chi connectivity index (χ0v) is 60.0. The van der Waals surface area contributed by atoms with Crippen LogP contribution in [-0.2, 0) is 144 Å². The molecule has 0 aliphatic carbocycles. The van der Waals surface area contributed by atoms with Crippen molar-refractivity contribution in [1.82, 2.24) is 50.3 Å². The molecular weight excluding hydrogens is 1380 g/mol. The van der Waals surface area contributed by atoms with Gasteiger partial charge in [0.25, 0.3) is 0 Å². The van der Waals surface area contributed by atoms with E-state index in [2.05, 4.69) is 36.3 Å². The number of hydrogen-bond donors (Lipinski definition) is 8. The number of carbonyl (C=O) groups is 1. The molecule has 39 nitrogen and oxygen atoms in total. The van der Waals surface area contributed by atoms with E-state index in [0.29, 0.717) is 169 Å². The molecule has 6 bridgehead atoms. The summed E-state index contributed by atoms with van der Waals surface area (Å²) in [7, 11) is 0. The number of amides is 1. The maximum Gasteiger partial charge on any atom is 0.220 e. The lowest BCUT2D eigenvalue weighted by Gasteiger charge is -2.41. The average Bonchev–Trinajstić information content (AvgIpc) is 1.61. The Labute approximate surface area is 604 Å². The lowest BCUT2D eigenvalue weighted by atomic mass is 9.86. The number of rotatable bonds is 58. The maximum absolute atomic E-state index is 13.0. The summed E-state index contributed by atoms with van der Waals surface area (Å²) >= 11 is 0. The first kappa shape index (κ1) is 83.8. The second-order valence-corrected chi connectivity index (χ2v) is 26.5. The van der Waals surface area contributed by atoms with Crippen molar-refractivity contribution in [3.63, 3.8) is 0 Å². The Bertz CT molecular complexity index is 2840. The molecule has 6 fully saturated rings. The van der Waals surface area contributed by atoms with Crippen molar-refractivity contribution >= 4 is 5.91 Å². The number of fused-ring (bicyclic) bond motifs is 6. The number of ether oxygens (including phenoxy) is 21. The van der Waals surface area contributed by atoms with Gasteiger partial charge >= 0.3 is 0 Å². The largest absolute Gasteiger partial charge is 0.390 e. The smallest absolute Gasteiger partial charge is 0.220 e. The third-order valence-corrected chi connectivity index (χ3v) is 18.5. The van der Waals surface area contributed by atoms with Gasteiger partial charge in [0, 0.05) is 30.7 Å². The van der Waals surface area contributed by atoms with E-state index in [4.69, 9.17) is 105 Å². The van der Waals surface area contributed by atoms with Crippen molar-refractivity contribution in [3.05, 3.63) is 35.7 Å². The topological polar surface area (TPSA) is 462 Å². The Morgan fingerprint density at radius 3 is 1.11 bits per heavy atom. The zero-order valence-electron chi connectivity index (χ0n) is 60.0. The van der Waals surface area contributed by atoms with Gasteiger partial charge in [-0.3, -0.25) is 4.79 Å². The Hall–Kier alpha value is -4.23. The second kappa shape index (κ2) is 44.4. The third kappa shape index (κ3) is 25.4. The Kier molecular flexibility index (Phi) is 35.8. The van der Waals surface area contributed by atoms with Gasteiger partial charge in [0.1, 0.15) is 64.4 Å². The molecule has 0 saturated carbocycles. The molecule has 6 aliphatic rings. The van der Waals surface area contributed by atoms with Crippen LogP contribution in [0.1, 0.15) is 50.7 Å². The van der Waals surface area contributed by atoms with Crippen LogP contribution in [0.25, 0.3) is 0 Å². The Morgan fingerprint density at radius 1 is 0.462 bits per heavy atom.